The maximum atomic E-state index is 13.5. The van der Waals surface area contributed by atoms with Crippen LogP contribution in [0.25, 0.3) is 0 Å². The molecule has 1 saturated heterocycles. The topological polar surface area (TPSA) is 147 Å². The van der Waals surface area contributed by atoms with Gasteiger partial charge in [-0.2, -0.15) is 0 Å². The Hall–Kier alpha value is -1.67. The fourth-order valence-electron chi connectivity index (χ4n) is 11.8. The summed E-state index contributed by atoms with van der Waals surface area (Å²) in [6, 6.07) is 8.22. The molecular weight excluding hydrogens is 546 g/mol. The highest BCUT2D eigenvalue weighted by atomic mass is 16.6. The van der Waals surface area contributed by atoms with Gasteiger partial charge in [-0.3, -0.25) is 0 Å². The van der Waals surface area contributed by atoms with Gasteiger partial charge < -0.3 is 49.0 Å². The summed E-state index contributed by atoms with van der Waals surface area (Å²) in [6.45, 7) is 0.760. The molecule has 7 bridgehead atoms. The molecule has 6 fully saturated rings. The average Bonchev–Trinajstić information content (AvgIpc) is 3.37. The van der Waals surface area contributed by atoms with Gasteiger partial charge in [0.1, 0.15) is 29.5 Å². The molecule has 0 radical (unpaired) electrons. The molecule has 15 atom stereocenters. The molecule has 5 saturated carbocycles. The van der Waals surface area contributed by atoms with Crippen molar-refractivity contribution in [2.45, 2.75) is 66.7 Å². The maximum absolute atomic E-state index is 13.5. The summed E-state index contributed by atoms with van der Waals surface area (Å²) in [5.41, 5.74) is -4.81. The van der Waals surface area contributed by atoms with Crippen LogP contribution >= 0.6 is 0 Å². The SMILES string of the molecule is COC[C@]12CN(C)[C@@H]3[C@@H]4[C@@H](OC)[C@H]1[C@@]3([C@@H](OC)C[C@@H]2O)[C@@H]1C[C@]2(O)[C@H](OC(=O)c3ccccc3)[C@@H]1[C@]4(O)[C@H](O)[C@@H]2OC. The predicted molar refractivity (Wildman–Crippen MR) is 146 cm³/mol. The van der Waals surface area contributed by atoms with Gasteiger partial charge in [-0.25, -0.2) is 4.79 Å². The van der Waals surface area contributed by atoms with Crippen molar-refractivity contribution in [3.8, 4) is 0 Å². The number of likely N-dealkylation sites (tertiary alicyclic amines) is 1. The molecule has 5 aliphatic carbocycles. The Morgan fingerprint density at radius 1 is 1.00 bits per heavy atom. The number of esters is 1. The largest absolute Gasteiger partial charge is 0.455 e. The fourth-order valence-corrected chi connectivity index (χ4v) is 11.8. The van der Waals surface area contributed by atoms with Crippen LogP contribution < -0.4 is 0 Å². The second-order valence-corrected chi connectivity index (χ2v) is 13.7. The van der Waals surface area contributed by atoms with Crippen LogP contribution in [0.1, 0.15) is 23.2 Å². The number of benzene rings is 1. The van der Waals surface area contributed by atoms with Gasteiger partial charge in [0.05, 0.1) is 30.5 Å². The molecule has 232 valence electrons. The van der Waals surface area contributed by atoms with Gasteiger partial charge >= 0.3 is 5.97 Å². The van der Waals surface area contributed by atoms with Gasteiger partial charge in [0.15, 0.2) is 0 Å². The average molecular weight is 590 g/mol. The predicted octanol–water partition coefficient (Wildman–Crippen LogP) is -0.313. The summed E-state index contributed by atoms with van der Waals surface area (Å²) in [4.78, 5) is 15.7. The van der Waals surface area contributed by atoms with E-state index in [0.29, 0.717) is 18.5 Å². The molecular formula is C31H43NO10. The maximum Gasteiger partial charge on any atom is 0.338 e. The highest BCUT2D eigenvalue weighted by molar-refractivity contribution is 5.89. The van der Waals surface area contributed by atoms with Gasteiger partial charge in [0.2, 0.25) is 0 Å². The highest BCUT2D eigenvalue weighted by Crippen LogP contribution is 2.80. The first-order chi connectivity index (χ1) is 20.0. The van der Waals surface area contributed by atoms with Crippen LogP contribution in [0.4, 0.5) is 0 Å². The number of carbonyl (C=O) groups excluding carboxylic acids is 1. The van der Waals surface area contributed by atoms with Gasteiger partial charge in [-0.15, -0.1) is 0 Å². The Morgan fingerprint density at radius 3 is 2.33 bits per heavy atom. The van der Waals surface area contributed by atoms with Gasteiger partial charge in [-0.1, -0.05) is 18.2 Å². The Morgan fingerprint density at radius 2 is 1.71 bits per heavy atom. The molecule has 42 heavy (non-hydrogen) atoms. The molecule has 11 heteroatoms. The van der Waals surface area contributed by atoms with Crippen LogP contribution in [0, 0.1) is 34.5 Å². The number of piperidine rings is 1. The first kappa shape index (κ1) is 29.1. The van der Waals surface area contributed by atoms with Crippen LogP contribution in [-0.2, 0) is 23.7 Å². The van der Waals surface area contributed by atoms with Crippen molar-refractivity contribution >= 4 is 5.97 Å². The minimum absolute atomic E-state index is 0.102. The van der Waals surface area contributed by atoms with E-state index in [1.165, 1.54) is 7.11 Å². The lowest BCUT2D eigenvalue weighted by Gasteiger charge is -2.69. The van der Waals surface area contributed by atoms with Crippen LogP contribution in [-0.4, -0.2) is 134 Å². The van der Waals surface area contributed by atoms with Crippen LogP contribution in [0.5, 0.6) is 0 Å². The van der Waals surface area contributed by atoms with E-state index in [1.54, 1.807) is 51.7 Å². The smallest absolute Gasteiger partial charge is 0.338 e. The minimum Gasteiger partial charge on any atom is -0.455 e. The lowest BCUT2D eigenvalue weighted by molar-refractivity contribution is -0.318. The molecule has 1 aliphatic heterocycles. The van der Waals surface area contributed by atoms with E-state index in [1.807, 2.05) is 7.05 Å². The van der Waals surface area contributed by atoms with Crippen LogP contribution in [0.3, 0.4) is 0 Å². The Bertz CT molecular complexity index is 1240. The standard InChI is InChI=1S/C31H43NO10/c1-32-13-28(14-38-2)17(33)11-18(39-3)30-16-12-29(36)25(42-27(35)15-9-7-6-8-10-15)19(16)31(37,24(34)26(29)41-5)20(23(30)32)21(40-4)22(28)30/h6-10,16-26,33-34,36-37H,11-14H2,1-5H3/t16-,17+,18+,19-,20+,21-,22-,23-,24-,25-,26+,28+,29+,30+,31-/m1/s1. The Labute approximate surface area is 245 Å². The first-order valence-electron chi connectivity index (χ1n) is 14.9. The zero-order valence-corrected chi connectivity index (χ0v) is 24.8. The second kappa shape index (κ2) is 9.42. The lowest BCUT2D eigenvalue weighted by atomic mass is 9.42. The molecule has 0 unspecified atom stereocenters. The van der Waals surface area contributed by atoms with Crippen molar-refractivity contribution in [2.75, 3.05) is 48.6 Å². The number of aliphatic hydroxyl groups excluding tert-OH is 2. The van der Waals surface area contributed by atoms with E-state index in [9.17, 15) is 25.2 Å². The van der Waals surface area contributed by atoms with Crippen molar-refractivity contribution in [3.05, 3.63) is 35.9 Å². The number of hydrogen-bond acceptors (Lipinski definition) is 11. The van der Waals surface area contributed by atoms with Crippen molar-refractivity contribution in [2.24, 2.45) is 34.5 Å². The molecule has 1 spiro atoms. The minimum atomic E-state index is -1.86. The molecule has 7 rings (SSSR count). The quantitative estimate of drug-likeness (QED) is 0.311. The van der Waals surface area contributed by atoms with Gasteiger partial charge in [0, 0.05) is 76.0 Å². The third-order valence-electron chi connectivity index (χ3n) is 12.6. The van der Waals surface area contributed by atoms with Gasteiger partial charge in [-0.05, 0) is 31.5 Å². The number of rotatable bonds is 7. The van der Waals surface area contributed by atoms with E-state index < -0.39 is 82.4 Å². The molecule has 6 aliphatic rings. The number of methoxy groups -OCH3 is 4. The molecule has 1 heterocycles. The van der Waals surface area contributed by atoms with Crippen molar-refractivity contribution in [1.82, 2.24) is 4.90 Å². The number of carbonyl (C=O) groups is 1. The van der Waals surface area contributed by atoms with E-state index in [0.717, 1.165) is 0 Å². The fraction of sp³-hybridized carbons (Fsp3) is 0.774. The number of hydrogen-bond donors (Lipinski definition) is 4. The van der Waals surface area contributed by atoms with Crippen LogP contribution in [0.2, 0.25) is 0 Å². The number of fused-ring (bicyclic) bond motifs is 2. The zero-order chi connectivity index (χ0) is 30.0. The summed E-state index contributed by atoms with van der Waals surface area (Å²) >= 11 is 0. The van der Waals surface area contributed by atoms with Crippen LogP contribution in [0.15, 0.2) is 30.3 Å². The lowest BCUT2D eigenvalue weighted by Crippen LogP contribution is -2.80. The Kier molecular flexibility index (Phi) is 6.52. The van der Waals surface area contributed by atoms with E-state index in [-0.39, 0.29) is 25.0 Å². The summed E-state index contributed by atoms with van der Waals surface area (Å²) in [7, 11) is 8.22. The Balaban J connectivity index is 1.47. The molecule has 4 N–H and O–H groups in total. The van der Waals surface area contributed by atoms with Crippen molar-refractivity contribution in [1.29, 1.82) is 0 Å². The molecule has 0 amide bonds. The second-order valence-electron chi connectivity index (χ2n) is 13.7. The third kappa shape index (κ3) is 3.05. The summed E-state index contributed by atoms with van der Waals surface area (Å²) in [5.74, 6) is -2.96. The molecule has 1 aromatic rings. The van der Waals surface area contributed by atoms with Crippen molar-refractivity contribution < 1.29 is 48.9 Å². The first-order valence-corrected chi connectivity index (χ1v) is 14.9. The number of aliphatic hydroxyl groups is 4. The normalized spacial score (nSPS) is 53.7. The summed E-state index contributed by atoms with van der Waals surface area (Å²) in [6.07, 6.45) is -5.28. The number of nitrogens with zero attached hydrogens (tertiary/aromatic N) is 1. The van der Waals surface area contributed by atoms with E-state index in [2.05, 4.69) is 4.90 Å². The third-order valence-corrected chi connectivity index (χ3v) is 12.6. The number of ether oxygens (including phenoxy) is 5. The van der Waals surface area contributed by atoms with Crippen molar-refractivity contribution in [3.63, 3.8) is 0 Å². The summed E-state index contributed by atoms with van der Waals surface area (Å²) < 4.78 is 30.3. The molecule has 11 nitrogen and oxygen atoms in total. The highest BCUT2D eigenvalue weighted by Gasteiger charge is 2.91. The zero-order valence-electron chi connectivity index (χ0n) is 24.8. The molecule has 0 aromatic heterocycles. The molecule has 1 aromatic carbocycles. The van der Waals surface area contributed by atoms with E-state index in [4.69, 9.17) is 23.7 Å². The van der Waals surface area contributed by atoms with Gasteiger partial charge in [0.25, 0.3) is 0 Å². The van der Waals surface area contributed by atoms with E-state index >= 15 is 0 Å². The monoisotopic (exact) mass is 589 g/mol. The summed E-state index contributed by atoms with van der Waals surface area (Å²) in [5, 5.41) is 49.4.